The van der Waals surface area contributed by atoms with E-state index >= 15 is 0 Å². The number of aryl methyl sites for hydroxylation is 1. The minimum Gasteiger partial charge on any atom is -0.476 e. The zero-order valence-corrected chi connectivity index (χ0v) is 11.4. The summed E-state index contributed by atoms with van der Waals surface area (Å²) in [6, 6.07) is 7.47. The molecule has 0 aliphatic heterocycles. The number of thiazole rings is 1. The van der Waals surface area contributed by atoms with E-state index in [0.717, 1.165) is 22.4 Å². The Hall–Kier alpha value is -2.41. The zero-order valence-electron chi connectivity index (χ0n) is 10.6. The van der Waals surface area contributed by atoms with Crippen LogP contribution < -0.4 is 5.69 Å². The molecule has 0 aliphatic carbocycles. The normalized spacial score (nSPS) is 11.1. The molecule has 0 unspecified atom stereocenters. The van der Waals surface area contributed by atoms with Crippen molar-refractivity contribution in [2.75, 3.05) is 0 Å². The highest BCUT2D eigenvalue weighted by Gasteiger charge is 2.13. The summed E-state index contributed by atoms with van der Waals surface area (Å²) in [5.41, 5.74) is 2.08. The van der Waals surface area contributed by atoms with Crippen LogP contribution in [0.1, 0.15) is 15.5 Å². The van der Waals surface area contributed by atoms with E-state index in [-0.39, 0.29) is 17.2 Å². The second-order valence-corrected chi connectivity index (χ2v) is 5.22. The fourth-order valence-corrected chi connectivity index (χ4v) is 2.80. The number of imidazole rings is 1. The molecule has 0 saturated heterocycles. The zero-order chi connectivity index (χ0) is 14.3. The Morgan fingerprint density at radius 2 is 2.05 bits per heavy atom. The van der Waals surface area contributed by atoms with Crippen molar-refractivity contribution in [2.45, 2.75) is 6.54 Å². The van der Waals surface area contributed by atoms with Crippen molar-refractivity contribution in [1.29, 1.82) is 0 Å². The monoisotopic (exact) mass is 289 g/mol. The van der Waals surface area contributed by atoms with Crippen LogP contribution in [0.5, 0.6) is 0 Å². The first kappa shape index (κ1) is 12.6. The Bertz CT molecular complexity index is 859. The van der Waals surface area contributed by atoms with E-state index in [1.165, 1.54) is 0 Å². The number of para-hydroxylation sites is 2. The lowest BCUT2D eigenvalue weighted by atomic mass is 10.3. The van der Waals surface area contributed by atoms with Gasteiger partial charge in [-0.2, -0.15) is 0 Å². The molecule has 3 rings (SSSR count). The van der Waals surface area contributed by atoms with Gasteiger partial charge in [-0.25, -0.2) is 14.6 Å². The molecule has 2 heterocycles. The SMILES string of the molecule is Cn1c(=O)n(Cc2csc(C(=O)O)n2)c2ccccc21. The van der Waals surface area contributed by atoms with Crippen LogP contribution in [-0.4, -0.2) is 25.2 Å². The molecule has 20 heavy (non-hydrogen) atoms. The van der Waals surface area contributed by atoms with Gasteiger partial charge in [0.05, 0.1) is 23.3 Å². The molecular weight excluding hydrogens is 278 g/mol. The predicted molar refractivity (Wildman–Crippen MR) is 75.4 cm³/mol. The second-order valence-electron chi connectivity index (χ2n) is 4.37. The van der Waals surface area contributed by atoms with Crippen LogP contribution in [0.2, 0.25) is 0 Å². The van der Waals surface area contributed by atoms with Crippen molar-refractivity contribution < 1.29 is 9.90 Å². The molecule has 2 aromatic heterocycles. The first-order valence-electron chi connectivity index (χ1n) is 5.90. The lowest BCUT2D eigenvalue weighted by molar-refractivity contribution is 0.0696. The highest BCUT2D eigenvalue weighted by Crippen LogP contribution is 2.15. The topological polar surface area (TPSA) is 77.1 Å². The van der Waals surface area contributed by atoms with Gasteiger partial charge in [-0.15, -0.1) is 11.3 Å². The molecule has 3 aromatic rings. The molecule has 102 valence electrons. The number of rotatable bonds is 3. The van der Waals surface area contributed by atoms with Crippen molar-refractivity contribution in [3.63, 3.8) is 0 Å². The number of hydrogen-bond acceptors (Lipinski definition) is 4. The molecule has 0 saturated carbocycles. The highest BCUT2D eigenvalue weighted by molar-refractivity contribution is 7.11. The Balaban J connectivity index is 2.08. The average molecular weight is 289 g/mol. The van der Waals surface area contributed by atoms with Crippen LogP contribution >= 0.6 is 11.3 Å². The molecule has 6 nitrogen and oxygen atoms in total. The van der Waals surface area contributed by atoms with Crippen LogP contribution in [0.25, 0.3) is 11.0 Å². The van der Waals surface area contributed by atoms with Crippen LogP contribution in [0.3, 0.4) is 0 Å². The maximum atomic E-state index is 12.2. The molecule has 0 radical (unpaired) electrons. The van der Waals surface area contributed by atoms with Gasteiger partial charge in [0.1, 0.15) is 0 Å². The number of hydrogen-bond donors (Lipinski definition) is 1. The van der Waals surface area contributed by atoms with E-state index < -0.39 is 5.97 Å². The summed E-state index contributed by atoms with van der Waals surface area (Å²) in [4.78, 5) is 27.1. The molecule has 0 spiro atoms. The maximum absolute atomic E-state index is 12.2. The fraction of sp³-hybridized carbons (Fsp3) is 0.154. The van der Waals surface area contributed by atoms with E-state index in [2.05, 4.69) is 4.98 Å². The van der Waals surface area contributed by atoms with Crippen molar-refractivity contribution in [3.8, 4) is 0 Å². The molecule has 1 N–H and O–H groups in total. The van der Waals surface area contributed by atoms with Gasteiger partial charge in [-0.3, -0.25) is 9.13 Å². The molecule has 0 fully saturated rings. The molecule has 0 atom stereocenters. The number of fused-ring (bicyclic) bond motifs is 1. The summed E-state index contributed by atoms with van der Waals surface area (Å²) in [7, 11) is 1.71. The number of benzene rings is 1. The summed E-state index contributed by atoms with van der Waals surface area (Å²) in [5, 5.41) is 10.6. The van der Waals surface area contributed by atoms with E-state index in [1.807, 2.05) is 24.3 Å². The van der Waals surface area contributed by atoms with Crippen LogP contribution in [-0.2, 0) is 13.6 Å². The molecule has 0 aliphatic rings. The third-order valence-corrected chi connectivity index (χ3v) is 3.99. The Labute approximate surface area is 117 Å². The standard InChI is InChI=1S/C13H11N3O3S/c1-15-9-4-2-3-5-10(9)16(13(15)19)6-8-7-20-11(14-8)12(17)18/h2-5,7H,6H2,1H3,(H,17,18). The number of aromatic nitrogens is 3. The van der Waals surface area contributed by atoms with Crippen LogP contribution in [0.4, 0.5) is 0 Å². The number of aromatic carboxylic acids is 1. The smallest absolute Gasteiger partial charge is 0.365 e. The van der Waals surface area contributed by atoms with Gasteiger partial charge in [0.25, 0.3) is 0 Å². The Morgan fingerprint density at radius 3 is 2.70 bits per heavy atom. The minimum absolute atomic E-state index is 0.0354. The molecule has 1 aromatic carbocycles. The van der Waals surface area contributed by atoms with Gasteiger partial charge in [0, 0.05) is 12.4 Å². The lowest BCUT2D eigenvalue weighted by Gasteiger charge is -1.99. The molecule has 7 heteroatoms. The van der Waals surface area contributed by atoms with Crippen molar-refractivity contribution >= 4 is 28.3 Å². The number of nitrogens with zero attached hydrogens (tertiary/aromatic N) is 3. The Kier molecular flexibility index (Phi) is 2.90. The maximum Gasteiger partial charge on any atom is 0.365 e. The molecular formula is C13H11N3O3S. The summed E-state index contributed by atoms with van der Waals surface area (Å²) in [6.45, 7) is 0.268. The van der Waals surface area contributed by atoms with Gasteiger partial charge >= 0.3 is 11.7 Å². The summed E-state index contributed by atoms with van der Waals surface area (Å²) in [5.74, 6) is -1.05. The van der Waals surface area contributed by atoms with Crippen molar-refractivity contribution in [2.24, 2.45) is 7.05 Å². The van der Waals surface area contributed by atoms with E-state index in [4.69, 9.17) is 5.11 Å². The van der Waals surface area contributed by atoms with Crippen LogP contribution in [0, 0.1) is 0 Å². The van der Waals surface area contributed by atoms with Gasteiger partial charge in [0.15, 0.2) is 0 Å². The van der Waals surface area contributed by atoms with E-state index in [0.29, 0.717) is 5.69 Å². The quantitative estimate of drug-likeness (QED) is 0.793. The van der Waals surface area contributed by atoms with Gasteiger partial charge in [0.2, 0.25) is 5.01 Å². The van der Waals surface area contributed by atoms with Gasteiger partial charge in [-0.05, 0) is 12.1 Å². The van der Waals surface area contributed by atoms with Crippen molar-refractivity contribution in [3.05, 3.63) is 50.8 Å². The first-order valence-corrected chi connectivity index (χ1v) is 6.78. The number of carboxylic acids is 1. The fourth-order valence-electron chi connectivity index (χ4n) is 2.16. The van der Waals surface area contributed by atoms with E-state index in [9.17, 15) is 9.59 Å². The first-order chi connectivity index (χ1) is 9.58. The minimum atomic E-state index is -1.05. The lowest BCUT2D eigenvalue weighted by Crippen LogP contribution is -2.22. The third-order valence-electron chi connectivity index (χ3n) is 3.11. The van der Waals surface area contributed by atoms with Crippen molar-refractivity contribution in [1.82, 2.24) is 14.1 Å². The summed E-state index contributed by atoms with van der Waals surface area (Å²) < 4.78 is 3.16. The average Bonchev–Trinajstić information content (AvgIpc) is 3.00. The number of carboxylic acid groups (broad SMARTS) is 1. The summed E-state index contributed by atoms with van der Waals surface area (Å²) >= 11 is 1.06. The largest absolute Gasteiger partial charge is 0.476 e. The highest BCUT2D eigenvalue weighted by atomic mass is 32.1. The Morgan fingerprint density at radius 1 is 1.35 bits per heavy atom. The van der Waals surface area contributed by atoms with Gasteiger partial charge in [-0.1, -0.05) is 12.1 Å². The van der Waals surface area contributed by atoms with E-state index in [1.54, 1.807) is 21.6 Å². The second kappa shape index (κ2) is 4.61. The number of carbonyl (C=O) groups is 1. The van der Waals surface area contributed by atoms with Crippen LogP contribution in [0.15, 0.2) is 34.4 Å². The third kappa shape index (κ3) is 1.92. The summed E-state index contributed by atoms with van der Waals surface area (Å²) in [6.07, 6.45) is 0. The van der Waals surface area contributed by atoms with Gasteiger partial charge < -0.3 is 5.11 Å². The molecule has 0 amide bonds. The molecule has 0 bridgehead atoms. The predicted octanol–water partition coefficient (Wildman–Crippen LogP) is 1.54.